The van der Waals surface area contributed by atoms with E-state index < -0.39 is 11.9 Å². The summed E-state index contributed by atoms with van der Waals surface area (Å²) in [7, 11) is 0. The van der Waals surface area contributed by atoms with Crippen molar-refractivity contribution < 1.29 is 18.8 Å². The minimum absolute atomic E-state index is 0.111. The van der Waals surface area contributed by atoms with Crippen LogP contribution in [0.1, 0.15) is 58.6 Å². The molecular formula is C26H28FN3O3S. The fourth-order valence-electron chi connectivity index (χ4n) is 5.31. The van der Waals surface area contributed by atoms with Crippen LogP contribution >= 0.6 is 11.8 Å². The number of likely N-dealkylation sites (tertiary alicyclic amines) is 1. The summed E-state index contributed by atoms with van der Waals surface area (Å²) in [6, 6.07) is 11.1. The van der Waals surface area contributed by atoms with E-state index in [0.29, 0.717) is 17.5 Å². The van der Waals surface area contributed by atoms with Crippen LogP contribution in [-0.2, 0) is 22.7 Å². The molecule has 2 aromatic rings. The van der Waals surface area contributed by atoms with Gasteiger partial charge in [0.1, 0.15) is 11.9 Å². The van der Waals surface area contributed by atoms with Crippen molar-refractivity contribution in [3.63, 3.8) is 0 Å². The van der Waals surface area contributed by atoms with E-state index >= 15 is 4.39 Å². The average molecular weight is 482 g/mol. The maximum Gasteiger partial charge on any atom is 0.255 e. The van der Waals surface area contributed by atoms with Crippen molar-refractivity contribution in [3.8, 4) is 0 Å². The molecule has 0 aliphatic carbocycles. The number of hydrogen-bond acceptors (Lipinski definition) is 5. The van der Waals surface area contributed by atoms with Gasteiger partial charge in [0.15, 0.2) is 0 Å². The molecule has 0 aromatic heterocycles. The molecular weight excluding hydrogens is 453 g/mol. The van der Waals surface area contributed by atoms with Crippen LogP contribution in [0.25, 0.3) is 0 Å². The molecule has 8 heteroatoms. The Morgan fingerprint density at radius 3 is 2.47 bits per heavy atom. The van der Waals surface area contributed by atoms with Gasteiger partial charge in [-0.2, -0.15) is 0 Å². The number of amides is 3. The molecule has 3 aliphatic heterocycles. The second-order valence-corrected chi connectivity index (χ2v) is 10.2. The average Bonchev–Trinajstić information content (AvgIpc) is 3.15. The van der Waals surface area contributed by atoms with Gasteiger partial charge in [-0.1, -0.05) is 18.2 Å². The van der Waals surface area contributed by atoms with Crippen LogP contribution in [0, 0.1) is 5.82 Å². The van der Waals surface area contributed by atoms with Crippen LogP contribution in [0.5, 0.6) is 0 Å². The summed E-state index contributed by atoms with van der Waals surface area (Å²) in [5.74, 6) is -1.34. The molecule has 0 saturated carbocycles. The second kappa shape index (κ2) is 9.50. The number of halogens is 1. The lowest BCUT2D eigenvalue weighted by Crippen LogP contribution is -2.52. The number of thioether (sulfide) groups is 1. The number of benzene rings is 2. The van der Waals surface area contributed by atoms with Crippen LogP contribution in [0.4, 0.5) is 4.39 Å². The minimum Gasteiger partial charge on any atom is -0.322 e. The van der Waals surface area contributed by atoms with Crippen molar-refractivity contribution in [1.29, 1.82) is 0 Å². The van der Waals surface area contributed by atoms with Gasteiger partial charge in [0.25, 0.3) is 5.91 Å². The molecule has 1 atom stereocenters. The topological polar surface area (TPSA) is 69.7 Å². The monoisotopic (exact) mass is 481 g/mol. The molecule has 3 aliphatic rings. The van der Waals surface area contributed by atoms with Crippen molar-refractivity contribution in [2.75, 3.05) is 19.3 Å². The fraction of sp³-hybridized carbons (Fsp3) is 0.423. The van der Waals surface area contributed by atoms with E-state index in [1.54, 1.807) is 11.8 Å². The largest absolute Gasteiger partial charge is 0.322 e. The lowest BCUT2D eigenvalue weighted by Gasteiger charge is -2.32. The molecule has 2 aromatic carbocycles. The fourth-order valence-corrected chi connectivity index (χ4v) is 5.72. The number of carbonyl (C=O) groups is 3. The first kappa shape index (κ1) is 23.1. The molecule has 2 fully saturated rings. The zero-order chi connectivity index (χ0) is 23.8. The minimum atomic E-state index is -0.683. The lowest BCUT2D eigenvalue weighted by atomic mass is 9.87. The molecule has 3 amide bonds. The Balaban J connectivity index is 1.25. The highest BCUT2D eigenvalue weighted by Crippen LogP contribution is 2.35. The number of fused-ring (bicyclic) bond motifs is 1. The van der Waals surface area contributed by atoms with Crippen molar-refractivity contribution in [1.82, 2.24) is 15.1 Å². The Labute approximate surface area is 202 Å². The summed E-state index contributed by atoms with van der Waals surface area (Å²) < 4.78 is 15.1. The van der Waals surface area contributed by atoms with Crippen LogP contribution < -0.4 is 5.32 Å². The number of nitrogens with zero attached hydrogens (tertiary/aromatic N) is 2. The van der Waals surface area contributed by atoms with Crippen molar-refractivity contribution >= 4 is 29.5 Å². The Morgan fingerprint density at radius 1 is 1.06 bits per heavy atom. The summed E-state index contributed by atoms with van der Waals surface area (Å²) >= 11 is 1.73. The second-order valence-electron chi connectivity index (χ2n) is 9.33. The molecule has 0 bridgehead atoms. The number of hydrogen-bond donors (Lipinski definition) is 1. The van der Waals surface area contributed by atoms with E-state index in [9.17, 15) is 14.4 Å². The number of rotatable bonds is 5. The van der Waals surface area contributed by atoms with E-state index in [2.05, 4.69) is 40.7 Å². The Bertz CT molecular complexity index is 1130. The lowest BCUT2D eigenvalue weighted by molar-refractivity contribution is -0.136. The SMILES string of the molecule is CSc1ccc(CN2CCC(c3cc4c(cc3F)C(=O)N(C3CCC(=O)NC3=O)C4)CC2)cc1. The smallest absolute Gasteiger partial charge is 0.255 e. The highest BCUT2D eigenvalue weighted by molar-refractivity contribution is 7.98. The quantitative estimate of drug-likeness (QED) is 0.521. The Hall–Kier alpha value is -2.71. The molecule has 3 heterocycles. The summed E-state index contributed by atoms with van der Waals surface area (Å²) in [6.07, 6.45) is 4.31. The molecule has 0 radical (unpaired) electrons. The molecule has 0 spiro atoms. The van der Waals surface area contributed by atoms with Gasteiger partial charge in [-0.15, -0.1) is 11.8 Å². The van der Waals surface area contributed by atoms with E-state index in [-0.39, 0.29) is 36.5 Å². The third kappa shape index (κ3) is 4.49. The number of imide groups is 1. The first-order valence-electron chi connectivity index (χ1n) is 11.7. The zero-order valence-corrected chi connectivity index (χ0v) is 20.0. The normalized spacial score (nSPS) is 21.6. The van der Waals surface area contributed by atoms with E-state index in [1.165, 1.54) is 21.4 Å². The third-order valence-electron chi connectivity index (χ3n) is 7.23. The van der Waals surface area contributed by atoms with Crippen LogP contribution in [0.15, 0.2) is 41.3 Å². The summed E-state index contributed by atoms with van der Waals surface area (Å²) in [4.78, 5) is 41.8. The first-order valence-corrected chi connectivity index (χ1v) is 13.0. The van der Waals surface area contributed by atoms with Crippen molar-refractivity contribution in [3.05, 3.63) is 64.5 Å². The zero-order valence-electron chi connectivity index (χ0n) is 19.2. The van der Waals surface area contributed by atoms with Crippen molar-refractivity contribution in [2.45, 2.75) is 55.6 Å². The number of carbonyl (C=O) groups excluding carboxylic acids is 3. The third-order valence-corrected chi connectivity index (χ3v) is 7.98. The predicted octanol–water partition coefficient (Wildman–Crippen LogP) is 3.69. The number of piperidine rings is 2. The molecule has 34 heavy (non-hydrogen) atoms. The van der Waals surface area contributed by atoms with Crippen molar-refractivity contribution in [2.24, 2.45) is 0 Å². The summed E-state index contributed by atoms with van der Waals surface area (Å²) in [5.41, 5.74) is 3.05. The van der Waals surface area contributed by atoms with Gasteiger partial charge in [0.2, 0.25) is 11.8 Å². The first-order chi connectivity index (χ1) is 16.4. The van der Waals surface area contributed by atoms with Gasteiger partial charge in [-0.25, -0.2) is 4.39 Å². The summed E-state index contributed by atoms with van der Waals surface area (Å²) in [5, 5.41) is 2.30. The summed E-state index contributed by atoms with van der Waals surface area (Å²) in [6.45, 7) is 2.96. The van der Waals surface area contributed by atoms with E-state index in [1.807, 2.05) is 6.07 Å². The number of nitrogens with one attached hydrogen (secondary N) is 1. The van der Waals surface area contributed by atoms with Gasteiger partial charge in [0, 0.05) is 30.0 Å². The van der Waals surface area contributed by atoms with Gasteiger partial charge in [-0.3, -0.25) is 24.6 Å². The van der Waals surface area contributed by atoms with Gasteiger partial charge >= 0.3 is 0 Å². The Morgan fingerprint density at radius 2 is 1.79 bits per heavy atom. The van der Waals surface area contributed by atoms with Gasteiger partial charge < -0.3 is 4.90 Å². The molecule has 1 unspecified atom stereocenters. The van der Waals surface area contributed by atoms with Crippen LogP contribution in [0.2, 0.25) is 0 Å². The Kier molecular flexibility index (Phi) is 6.44. The molecule has 178 valence electrons. The molecule has 6 nitrogen and oxygen atoms in total. The van der Waals surface area contributed by atoms with Crippen LogP contribution in [0.3, 0.4) is 0 Å². The van der Waals surface area contributed by atoms with Crippen LogP contribution in [-0.4, -0.2) is 52.9 Å². The molecule has 5 rings (SSSR count). The molecule has 1 N–H and O–H groups in total. The van der Waals surface area contributed by atoms with Gasteiger partial charge in [-0.05, 0) is 79.4 Å². The highest BCUT2D eigenvalue weighted by atomic mass is 32.2. The van der Waals surface area contributed by atoms with E-state index in [0.717, 1.165) is 38.0 Å². The maximum atomic E-state index is 15.1. The molecule has 2 saturated heterocycles. The highest BCUT2D eigenvalue weighted by Gasteiger charge is 2.40. The predicted molar refractivity (Wildman–Crippen MR) is 128 cm³/mol. The van der Waals surface area contributed by atoms with Gasteiger partial charge in [0.05, 0.1) is 0 Å². The standard InChI is InChI=1S/C26H28FN3O3S/c1-34-19-4-2-16(3-5-19)14-29-10-8-17(9-11-29)20-12-18-15-30(26(33)21(18)13-22(20)27)23-6-7-24(31)28-25(23)32/h2-5,12-13,17,23H,6-11,14-15H2,1H3,(H,28,31,32). The van der Waals surface area contributed by atoms with E-state index in [4.69, 9.17) is 0 Å². The maximum absolute atomic E-state index is 15.1.